The third-order valence-electron chi connectivity index (χ3n) is 3.54. The van der Waals surface area contributed by atoms with Gasteiger partial charge in [0.05, 0.1) is 11.5 Å². The van der Waals surface area contributed by atoms with E-state index in [1.54, 1.807) is 44.2 Å². The van der Waals surface area contributed by atoms with E-state index in [4.69, 9.17) is 13.8 Å². The third-order valence-corrected chi connectivity index (χ3v) is 5.07. The van der Waals surface area contributed by atoms with Gasteiger partial charge in [0.2, 0.25) is 0 Å². The maximum Gasteiger partial charge on any atom is 0.513 e. The lowest BCUT2D eigenvalue weighted by atomic mass is 10.2. The van der Waals surface area contributed by atoms with Crippen LogP contribution in [0.15, 0.2) is 54.6 Å². The topological polar surface area (TPSA) is 117 Å². The number of hydrogen-bond donors (Lipinski definition) is 1. The van der Waals surface area contributed by atoms with E-state index < -0.39 is 24.7 Å². The monoisotopic (exact) mass is 408 g/mol. The number of rotatable bonds is 10. The summed E-state index contributed by atoms with van der Waals surface area (Å²) in [6.45, 7) is 3.55. The highest BCUT2D eigenvalue weighted by Gasteiger charge is 2.35. The summed E-state index contributed by atoms with van der Waals surface area (Å²) in [4.78, 5) is 22.3. The number of nitrogens with one attached hydrogen (secondary N) is 1. The van der Waals surface area contributed by atoms with E-state index in [-0.39, 0.29) is 30.2 Å². The fourth-order valence-corrected chi connectivity index (χ4v) is 3.81. The minimum Gasteiger partial charge on any atom is -0.465 e. The fourth-order valence-electron chi connectivity index (χ4n) is 2.20. The summed E-state index contributed by atoms with van der Waals surface area (Å²) >= 11 is 0. The van der Waals surface area contributed by atoms with E-state index in [1.807, 2.05) is 0 Å². The van der Waals surface area contributed by atoms with Gasteiger partial charge in [0, 0.05) is 12.1 Å². The van der Waals surface area contributed by atoms with Gasteiger partial charge in [-0.1, -0.05) is 25.1 Å². The van der Waals surface area contributed by atoms with Crippen molar-refractivity contribution >= 4 is 19.4 Å². The second kappa shape index (κ2) is 9.87. The number of ether oxygens (including phenoxy) is 1. The maximum atomic E-state index is 13.4. The van der Waals surface area contributed by atoms with Gasteiger partial charge < -0.3 is 13.8 Å². The van der Waals surface area contributed by atoms with E-state index in [0.29, 0.717) is 0 Å². The largest absolute Gasteiger partial charge is 0.513 e. The Morgan fingerprint density at radius 2 is 1.64 bits per heavy atom. The number of hydrogen-bond acceptors (Lipinski definition) is 7. The fraction of sp³-hybridized carbons (Fsp3) is 0.278. The minimum atomic E-state index is -4.07. The van der Waals surface area contributed by atoms with Gasteiger partial charge >= 0.3 is 13.7 Å². The average molecular weight is 408 g/mol. The molecule has 1 unspecified atom stereocenters. The van der Waals surface area contributed by atoms with Gasteiger partial charge in [-0.15, -0.1) is 0 Å². The van der Waals surface area contributed by atoms with Crippen LogP contribution in [0.25, 0.3) is 0 Å². The van der Waals surface area contributed by atoms with Crippen LogP contribution in [0.5, 0.6) is 11.5 Å². The van der Waals surface area contributed by atoms with E-state index >= 15 is 0 Å². The van der Waals surface area contributed by atoms with Gasteiger partial charge in [0.15, 0.2) is 0 Å². The van der Waals surface area contributed by atoms with Crippen molar-refractivity contribution in [3.63, 3.8) is 0 Å². The quantitative estimate of drug-likeness (QED) is 0.270. The first-order valence-corrected chi connectivity index (χ1v) is 10.1. The molecule has 10 heteroatoms. The van der Waals surface area contributed by atoms with Crippen molar-refractivity contribution in [1.82, 2.24) is 5.09 Å². The molecular weight excluding hydrogens is 387 g/mol. The molecule has 2 aromatic carbocycles. The number of nitro groups is 1. The molecule has 0 radical (unpaired) electrons. The summed E-state index contributed by atoms with van der Waals surface area (Å²) in [6, 6.07) is 12.4. The normalized spacial score (nSPS) is 13.8. The third kappa shape index (κ3) is 6.07. The van der Waals surface area contributed by atoms with Gasteiger partial charge in [-0.05, 0) is 37.6 Å². The van der Waals surface area contributed by atoms with Crippen molar-refractivity contribution < 1.29 is 28.1 Å². The number of non-ortho nitro benzene ring substituents is 1. The van der Waals surface area contributed by atoms with Gasteiger partial charge in [-0.3, -0.25) is 14.9 Å². The number of benzene rings is 2. The summed E-state index contributed by atoms with van der Waals surface area (Å²) < 4.78 is 29.3. The van der Waals surface area contributed by atoms with Crippen LogP contribution in [0.4, 0.5) is 5.69 Å². The first kappa shape index (κ1) is 21.4. The first-order valence-electron chi connectivity index (χ1n) is 8.60. The molecule has 0 aliphatic carbocycles. The Morgan fingerprint density at radius 1 is 1.07 bits per heavy atom. The summed E-state index contributed by atoms with van der Waals surface area (Å²) in [5.41, 5.74) is -0.142. The highest BCUT2D eigenvalue weighted by molar-refractivity contribution is 7.52. The molecule has 0 bridgehead atoms. The van der Waals surface area contributed by atoms with Crippen molar-refractivity contribution in [2.24, 2.45) is 0 Å². The van der Waals surface area contributed by atoms with E-state index in [0.717, 1.165) is 0 Å². The molecule has 28 heavy (non-hydrogen) atoms. The Labute approximate surface area is 162 Å². The maximum absolute atomic E-state index is 13.4. The molecule has 0 spiro atoms. The number of para-hydroxylation sites is 1. The van der Waals surface area contributed by atoms with Crippen molar-refractivity contribution in [3.05, 3.63) is 64.7 Å². The lowest BCUT2D eigenvalue weighted by molar-refractivity contribution is -0.384. The average Bonchev–Trinajstić information content (AvgIpc) is 2.67. The minimum absolute atomic E-state index is 0.0797. The summed E-state index contributed by atoms with van der Waals surface area (Å²) in [6.07, 6.45) is 0.282. The summed E-state index contributed by atoms with van der Waals surface area (Å²) in [5.74, 6) is -0.246. The van der Waals surface area contributed by atoms with Crippen molar-refractivity contribution in [3.8, 4) is 11.5 Å². The second-order valence-corrected chi connectivity index (χ2v) is 7.20. The van der Waals surface area contributed by atoms with Gasteiger partial charge in [0.1, 0.15) is 17.5 Å². The molecule has 0 amide bonds. The molecule has 0 fully saturated rings. The highest BCUT2D eigenvalue weighted by Crippen LogP contribution is 2.45. The molecule has 0 aromatic heterocycles. The zero-order valence-corrected chi connectivity index (χ0v) is 16.3. The molecule has 0 saturated carbocycles. The molecule has 150 valence electrons. The molecule has 0 aliphatic heterocycles. The molecule has 0 heterocycles. The number of nitro benzene ring substituents is 1. The van der Waals surface area contributed by atoms with E-state index in [2.05, 4.69) is 5.09 Å². The molecule has 2 rings (SSSR count). The number of carbonyl (C=O) groups is 1. The molecule has 0 aliphatic rings. The second-order valence-electron chi connectivity index (χ2n) is 5.59. The number of esters is 1. The molecular formula is C18H21N2O7P. The van der Waals surface area contributed by atoms with Crippen molar-refractivity contribution in [2.75, 3.05) is 6.61 Å². The number of nitrogens with zero attached hydrogens (tertiary/aromatic N) is 1. The smallest absolute Gasteiger partial charge is 0.465 e. The first-order chi connectivity index (χ1) is 13.4. The Bertz CT molecular complexity index is 843. The Balaban J connectivity index is 2.28. The molecule has 2 aromatic rings. The van der Waals surface area contributed by atoms with E-state index in [9.17, 15) is 19.5 Å². The van der Waals surface area contributed by atoms with Crippen LogP contribution in [0.3, 0.4) is 0 Å². The Morgan fingerprint density at radius 3 is 2.14 bits per heavy atom. The lowest BCUT2D eigenvalue weighted by Gasteiger charge is -2.24. The molecule has 1 N–H and O–H groups in total. The molecule has 0 saturated heterocycles. The van der Waals surface area contributed by atoms with Crippen LogP contribution in [-0.2, 0) is 14.1 Å². The van der Waals surface area contributed by atoms with E-state index in [1.165, 1.54) is 24.3 Å². The summed E-state index contributed by atoms with van der Waals surface area (Å²) in [5, 5.41) is 13.4. The van der Waals surface area contributed by atoms with Crippen molar-refractivity contribution in [2.45, 2.75) is 26.3 Å². The lowest BCUT2D eigenvalue weighted by Crippen LogP contribution is -2.37. The van der Waals surface area contributed by atoms with Gasteiger partial charge in [-0.2, -0.15) is 5.09 Å². The van der Waals surface area contributed by atoms with Crippen LogP contribution in [-0.4, -0.2) is 23.5 Å². The SMILES string of the molecule is CCOC(=O)[C@H](CC)NP(=O)(Oc1ccccc1)Oc1ccc([N+](=O)[O-])cc1. The predicted octanol–water partition coefficient (Wildman–Crippen LogP) is 4.09. The Hall–Kier alpha value is -2.90. The van der Waals surface area contributed by atoms with Gasteiger partial charge in [-0.25, -0.2) is 4.57 Å². The predicted molar refractivity (Wildman–Crippen MR) is 102 cm³/mol. The zero-order valence-electron chi connectivity index (χ0n) is 15.4. The van der Waals surface area contributed by atoms with Crippen LogP contribution >= 0.6 is 7.75 Å². The molecule has 9 nitrogen and oxygen atoms in total. The number of carbonyl (C=O) groups excluding carboxylic acids is 1. The highest BCUT2D eigenvalue weighted by atomic mass is 31.2. The van der Waals surface area contributed by atoms with Crippen LogP contribution in [0.1, 0.15) is 20.3 Å². The Kier molecular flexibility index (Phi) is 7.54. The zero-order chi connectivity index (χ0) is 20.6. The van der Waals surface area contributed by atoms with Crippen LogP contribution in [0.2, 0.25) is 0 Å². The van der Waals surface area contributed by atoms with Gasteiger partial charge in [0.25, 0.3) is 5.69 Å². The van der Waals surface area contributed by atoms with Crippen molar-refractivity contribution in [1.29, 1.82) is 0 Å². The van der Waals surface area contributed by atoms with Crippen LogP contribution in [0, 0.1) is 10.1 Å². The molecule has 2 atom stereocenters. The summed E-state index contributed by atoms with van der Waals surface area (Å²) in [7, 11) is -4.07. The van der Waals surface area contributed by atoms with Crippen LogP contribution < -0.4 is 14.1 Å². The standard InChI is InChI=1S/C18H21N2O7P/c1-3-17(18(21)25-4-2)19-28(24,26-15-8-6-5-7-9-15)27-16-12-10-14(11-13-16)20(22)23/h5-13,17H,3-4H2,1-2H3,(H,19,24)/t17-,28?/m0/s1.